The summed E-state index contributed by atoms with van der Waals surface area (Å²) in [4.78, 5) is 12.0. The third kappa shape index (κ3) is 4.09. The standard InChI is InChI=1S/C21H23NO3/c1-22(2)11-5-8-18-17-7-4-3-6-16(17)14-25-20-10-9-15(12-19(18)20)13-21(23)24/h3-4,6-10,12H,5,11,13-14H2,1-2H3,(H,23,24)/b18-8+/i1D3,2D3,9D,10D,12D,13D2,14D2. The zero-order valence-corrected chi connectivity index (χ0v) is 13.0. The minimum Gasteiger partial charge on any atom is -0.488 e. The number of aliphatic carboxylic acids is 1. The molecular weight excluding hydrogens is 314 g/mol. The summed E-state index contributed by atoms with van der Waals surface area (Å²) in [5.74, 6) is -2.62. The zero-order chi connectivity index (χ0) is 29.0. The van der Waals surface area contributed by atoms with Gasteiger partial charge in [-0.15, -0.1) is 0 Å². The minimum absolute atomic E-state index is 0.0334. The van der Waals surface area contributed by atoms with Crippen molar-refractivity contribution < 1.29 is 32.5 Å². The Labute approximate surface area is 166 Å². The second-order valence-electron chi connectivity index (χ2n) is 5.19. The molecule has 0 amide bonds. The Balaban J connectivity index is 2.36. The quantitative estimate of drug-likeness (QED) is 0.895. The number of benzene rings is 2. The number of nitrogens with zero attached hydrogens (tertiary/aromatic N) is 1. The van der Waals surface area contributed by atoms with E-state index in [1.54, 1.807) is 0 Å². The maximum Gasteiger partial charge on any atom is 0.307 e. The lowest BCUT2D eigenvalue weighted by Gasteiger charge is -2.13. The van der Waals surface area contributed by atoms with Gasteiger partial charge in [-0.25, -0.2) is 0 Å². The topological polar surface area (TPSA) is 49.8 Å². The third-order valence-electron chi connectivity index (χ3n) is 3.46. The molecule has 0 bridgehead atoms. The Hall–Kier alpha value is -2.59. The molecule has 4 nitrogen and oxygen atoms in total. The summed E-state index contributed by atoms with van der Waals surface area (Å²) < 4.78 is 109. The molecule has 3 rings (SSSR count). The molecule has 0 spiro atoms. The second kappa shape index (κ2) is 7.53. The lowest BCUT2D eigenvalue weighted by Crippen LogP contribution is -2.12. The summed E-state index contributed by atoms with van der Waals surface area (Å²) >= 11 is 0. The van der Waals surface area contributed by atoms with Gasteiger partial charge >= 0.3 is 5.97 Å². The van der Waals surface area contributed by atoms with E-state index in [-0.39, 0.29) is 28.7 Å². The number of hydrogen-bond donors (Lipinski definition) is 1. The van der Waals surface area contributed by atoms with E-state index in [1.807, 2.05) is 0 Å². The number of carboxylic acid groups (broad SMARTS) is 1. The van der Waals surface area contributed by atoms with Crippen LogP contribution in [0, 0.1) is 0 Å². The smallest absolute Gasteiger partial charge is 0.307 e. The highest BCUT2D eigenvalue weighted by Crippen LogP contribution is 2.37. The molecule has 2 aromatic rings. The Morgan fingerprint density at radius 3 is 3.08 bits per heavy atom. The van der Waals surface area contributed by atoms with E-state index in [9.17, 15) is 9.90 Å². The van der Waals surface area contributed by atoms with E-state index in [4.69, 9.17) is 22.6 Å². The minimum atomic E-state index is -3.27. The summed E-state index contributed by atoms with van der Waals surface area (Å²) in [6, 6.07) is 3.14. The molecule has 0 saturated carbocycles. The molecule has 1 N–H and O–H groups in total. The van der Waals surface area contributed by atoms with Gasteiger partial charge in [0.2, 0.25) is 0 Å². The van der Waals surface area contributed by atoms with Gasteiger partial charge in [0.25, 0.3) is 0 Å². The zero-order valence-electron chi connectivity index (χ0n) is 26.0. The van der Waals surface area contributed by atoms with Crippen molar-refractivity contribution in [3.05, 3.63) is 70.7 Å². The normalized spacial score (nSPS) is 25.8. The molecule has 4 heteroatoms. The predicted octanol–water partition coefficient (Wildman–Crippen LogP) is 3.59. The first-order valence-corrected chi connectivity index (χ1v) is 7.37. The molecule has 0 aliphatic carbocycles. The summed E-state index contributed by atoms with van der Waals surface area (Å²) in [7, 11) is 0. The van der Waals surface area contributed by atoms with E-state index in [0.717, 1.165) is 0 Å². The van der Waals surface area contributed by atoms with Gasteiger partial charge in [0, 0.05) is 23.1 Å². The van der Waals surface area contributed by atoms with Gasteiger partial charge in [-0.05, 0) is 54.7 Å². The van der Waals surface area contributed by atoms with Gasteiger partial charge in [-0.2, -0.15) is 0 Å². The number of hydrogen-bond acceptors (Lipinski definition) is 3. The SMILES string of the molecule is [2H]c1c([2H])c(C([2H])([2H])C(=O)O)c([2H])c2c1OC([2H])([2H])c1ccccc1/C2=C\CCN(C([2H])([2H])[2H])C([2H])([2H])[2H]. The Morgan fingerprint density at radius 1 is 1.44 bits per heavy atom. The van der Waals surface area contributed by atoms with Crippen molar-refractivity contribution in [2.24, 2.45) is 0 Å². The Bertz CT molecular complexity index is 1280. The molecule has 0 aromatic heterocycles. The highest BCUT2D eigenvalue weighted by molar-refractivity contribution is 5.85. The van der Waals surface area contributed by atoms with Crippen LogP contribution in [0.3, 0.4) is 0 Å². The van der Waals surface area contributed by atoms with Crippen LogP contribution in [0.1, 0.15) is 46.5 Å². The van der Waals surface area contributed by atoms with Crippen molar-refractivity contribution in [3.8, 4) is 5.75 Å². The number of rotatable bonds is 5. The van der Waals surface area contributed by atoms with E-state index >= 15 is 0 Å². The van der Waals surface area contributed by atoms with Crippen LogP contribution in [0.25, 0.3) is 5.57 Å². The molecule has 130 valence electrons. The first kappa shape index (κ1) is 7.34. The lowest BCUT2D eigenvalue weighted by molar-refractivity contribution is -0.136. The van der Waals surface area contributed by atoms with Crippen molar-refractivity contribution in [3.63, 3.8) is 0 Å². The fourth-order valence-corrected chi connectivity index (χ4v) is 2.43. The van der Waals surface area contributed by atoms with Crippen molar-refractivity contribution >= 4 is 11.5 Å². The number of carboxylic acids is 1. The van der Waals surface area contributed by atoms with Crippen LogP contribution in [-0.4, -0.2) is 36.5 Å². The maximum absolute atomic E-state index is 11.7. The summed E-state index contributed by atoms with van der Waals surface area (Å²) in [6.45, 7) is -9.10. The van der Waals surface area contributed by atoms with Crippen molar-refractivity contribution in [1.82, 2.24) is 4.90 Å². The highest BCUT2D eigenvalue weighted by atomic mass is 16.5. The van der Waals surface area contributed by atoms with Gasteiger partial charge in [-0.3, -0.25) is 4.79 Å². The molecule has 2 aromatic carbocycles. The molecule has 0 saturated heterocycles. The van der Waals surface area contributed by atoms with Crippen LogP contribution in [0.5, 0.6) is 5.75 Å². The fourth-order valence-electron chi connectivity index (χ4n) is 2.43. The number of fused-ring (bicyclic) bond motifs is 2. The van der Waals surface area contributed by atoms with Crippen molar-refractivity contribution in [1.29, 1.82) is 0 Å². The molecular formula is C21H23NO3. The van der Waals surface area contributed by atoms with Crippen LogP contribution in [-0.2, 0) is 17.7 Å². The molecule has 25 heavy (non-hydrogen) atoms. The van der Waals surface area contributed by atoms with Gasteiger partial charge in [0.15, 0.2) is 0 Å². The van der Waals surface area contributed by atoms with Crippen LogP contribution < -0.4 is 4.74 Å². The van der Waals surface area contributed by atoms with Crippen LogP contribution >= 0.6 is 0 Å². The predicted molar refractivity (Wildman–Crippen MR) is 98.8 cm³/mol. The Kier molecular flexibility index (Phi) is 2.21. The second-order valence-corrected chi connectivity index (χ2v) is 5.19. The lowest BCUT2D eigenvalue weighted by atomic mass is 9.92. The molecule has 0 fully saturated rings. The van der Waals surface area contributed by atoms with Gasteiger partial charge in [-0.1, -0.05) is 36.4 Å². The molecule has 0 atom stereocenters. The van der Waals surface area contributed by atoms with E-state index in [0.29, 0.717) is 4.90 Å². The number of carbonyl (C=O) groups is 1. The Morgan fingerprint density at radius 2 is 2.28 bits per heavy atom. The number of ether oxygens (including phenoxy) is 1. The first-order valence-electron chi connectivity index (χ1n) is 13.9. The average molecular weight is 350 g/mol. The average Bonchev–Trinajstić information content (AvgIpc) is 2.86. The van der Waals surface area contributed by atoms with Crippen molar-refractivity contribution in [2.45, 2.75) is 19.4 Å². The van der Waals surface area contributed by atoms with Gasteiger partial charge in [0.1, 0.15) is 12.3 Å². The summed E-state index contributed by atoms with van der Waals surface area (Å²) in [6.07, 6.45) is -2.23. The molecule has 1 aliphatic heterocycles. The molecule has 1 heterocycles. The summed E-state index contributed by atoms with van der Waals surface area (Å²) in [5.41, 5.74) is -1.32. The van der Waals surface area contributed by atoms with Crippen LogP contribution in [0.2, 0.25) is 0 Å². The van der Waals surface area contributed by atoms with Crippen molar-refractivity contribution in [2.75, 3.05) is 20.5 Å². The van der Waals surface area contributed by atoms with E-state index < -0.39 is 68.8 Å². The highest BCUT2D eigenvalue weighted by Gasteiger charge is 2.19. The van der Waals surface area contributed by atoms with E-state index in [1.165, 1.54) is 30.3 Å². The maximum atomic E-state index is 11.7. The summed E-state index contributed by atoms with van der Waals surface area (Å²) in [5, 5.41) is 9.44. The van der Waals surface area contributed by atoms with Crippen LogP contribution in [0.4, 0.5) is 0 Å². The van der Waals surface area contributed by atoms with Gasteiger partial charge in [0.05, 0.1) is 13.2 Å². The van der Waals surface area contributed by atoms with E-state index in [2.05, 4.69) is 0 Å². The van der Waals surface area contributed by atoms with Gasteiger partial charge < -0.3 is 14.7 Å². The fraction of sp³-hybridized carbons (Fsp3) is 0.286. The largest absolute Gasteiger partial charge is 0.488 e. The molecule has 0 unspecified atom stereocenters. The monoisotopic (exact) mass is 350 g/mol. The molecule has 1 aliphatic rings. The third-order valence-corrected chi connectivity index (χ3v) is 3.46. The van der Waals surface area contributed by atoms with Crippen LogP contribution in [0.15, 0.2) is 48.5 Å². The molecule has 0 radical (unpaired) electrons. The first-order chi connectivity index (χ1) is 17.2.